The zero-order chi connectivity index (χ0) is 22.4. The molecule has 1 heterocycles. The molecule has 1 aliphatic rings. The molecule has 0 saturated heterocycles. The first-order valence-corrected chi connectivity index (χ1v) is 12.2. The van der Waals surface area contributed by atoms with Crippen molar-refractivity contribution in [1.82, 2.24) is 10.3 Å². The van der Waals surface area contributed by atoms with E-state index in [1.807, 2.05) is 12.1 Å². The lowest BCUT2D eigenvalue weighted by Crippen LogP contribution is -2.32. The van der Waals surface area contributed by atoms with Crippen molar-refractivity contribution in [2.45, 2.75) is 64.5 Å². The van der Waals surface area contributed by atoms with Gasteiger partial charge in [0.15, 0.2) is 0 Å². The van der Waals surface area contributed by atoms with E-state index in [0.29, 0.717) is 21.6 Å². The fraction of sp³-hybridized carbons (Fsp3) is 0.444. The first kappa shape index (κ1) is 22.9. The van der Waals surface area contributed by atoms with Crippen molar-refractivity contribution in [3.63, 3.8) is 0 Å². The lowest BCUT2D eigenvalue weighted by atomic mass is 9.68. The standard InChI is InChI=1S/C27H33ClN2O2/c1-2-27(12-6-15-29-19-20-7-4-3-5-8-20)13-9-22(10-14-27)32-25-17-21-11-16-30-26(31)23(21)18-24(25)28/h3-5,7-8,11,16-18,22,29H,2,6,9-10,12-15,19H2,1H3,(H,30,31). The van der Waals surface area contributed by atoms with Crippen LogP contribution in [-0.2, 0) is 6.54 Å². The molecule has 0 radical (unpaired) electrons. The Morgan fingerprint density at radius 2 is 1.94 bits per heavy atom. The number of hydrogen-bond acceptors (Lipinski definition) is 3. The largest absolute Gasteiger partial charge is 0.489 e. The fourth-order valence-electron chi connectivity index (χ4n) is 4.98. The summed E-state index contributed by atoms with van der Waals surface area (Å²) in [5.41, 5.74) is 1.64. The van der Waals surface area contributed by atoms with E-state index in [-0.39, 0.29) is 11.7 Å². The summed E-state index contributed by atoms with van der Waals surface area (Å²) < 4.78 is 6.31. The summed E-state index contributed by atoms with van der Waals surface area (Å²) >= 11 is 6.44. The predicted molar refractivity (Wildman–Crippen MR) is 133 cm³/mol. The minimum Gasteiger partial charge on any atom is -0.489 e. The van der Waals surface area contributed by atoms with Crippen LogP contribution in [0.25, 0.3) is 10.8 Å². The molecule has 3 aromatic rings. The number of benzene rings is 2. The highest BCUT2D eigenvalue weighted by molar-refractivity contribution is 6.32. The smallest absolute Gasteiger partial charge is 0.255 e. The van der Waals surface area contributed by atoms with Gasteiger partial charge in [0, 0.05) is 18.1 Å². The molecule has 4 nitrogen and oxygen atoms in total. The maximum atomic E-state index is 12.0. The molecule has 0 spiro atoms. The quantitative estimate of drug-likeness (QED) is 0.366. The van der Waals surface area contributed by atoms with Gasteiger partial charge in [-0.2, -0.15) is 0 Å². The molecule has 1 saturated carbocycles. The van der Waals surface area contributed by atoms with Crippen molar-refractivity contribution in [3.8, 4) is 5.75 Å². The second-order valence-corrected chi connectivity index (χ2v) is 9.52. The van der Waals surface area contributed by atoms with Crippen LogP contribution in [0.15, 0.2) is 59.5 Å². The van der Waals surface area contributed by atoms with Crippen LogP contribution < -0.4 is 15.6 Å². The monoisotopic (exact) mass is 452 g/mol. The molecule has 170 valence electrons. The number of hydrogen-bond donors (Lipinski definition) is 2. The summed E-state index contributed by atoms with van der Waals surface area (Å²) in [7, 11) is 0. The number of H-pyrrole nitrogens is 1. The van der Waals surface area contributed by atoms with Gasteiger partial charge in [-0.05, 0) is 79.6 Å². The van der Waals surface area contributed by atoms with Crippen LogP contribution >= 0.6 is 11.6 Å². The molecule has 0 amide bonds. The third-order valence-electron chi connectivity index (χ3n) is 7.10. The lowest BCUT2D eigenvalue weighted by Gasteiger charge is -2.40. The van der Waals surface area contributed by atoms with Crippen LogP contribution in [0, 0.1) is 5.41 Å². The Balaban J connectivity index is 1.27. The van der Waals surface area contributed by atoms with Crippen LogP contribution in [0.4, 0.5) is 0 Å². The van der Waals surface area contributed by atoms with Gasteiger partial charge in [-0.25, -0.2) is 0 Å². The van der Waals surface area contributed by atoms with Crippen LogP contribution in [-0.4, -0.2) is 17.6 Å². The molecule has 4 rings (SSSR count). The van der Waals surface area contributed by atoms with Gasteiger partial charge in [0.1, 0.15) is 5.75 Å². The van der Waals surface area contributed by atoms with Crippen LogP contribution in [0.5, 0.6) is 5.75 Å². The maximum absolute atomic E-state index is 12.0. The molecule has 1 aliphatic carbocycles. The van der Waals surface area contributed by atoms with E-state index < -0.39 is 0 Å². The van der Waals surface area contributed by atoms with Gasteiger partial charge in [-0.3, -0.25) is 4.79 Å². The number of aromatic amines is 1. The third-order valence-corrected chi connectivity index (χ3v) is 7.39. The van der Waals surface area contributed by atoms with Gasteiger partial charge in [-0.15, -0.1) is 0 Å². The molecule has 0 unspecified atom stereocenters. The van der Waals surface area contributed by atoms with Gasteiger partial charge >= 0.3 is 0 Å². The van der Waals surface area contributed by atoms with Crippen molar-refractivity contribution >= 4 is 22.4 Å². The number of fused-ring (bicyclic) bond motifs is 1. The van der Waals surface area contributed by atoms with E-state index in [9.17, 15) is 4.79 Å². The molecule has 0 aliphatic heterocycles. The van der Waals surface area contributed by atoms with Crippen LogP contribution in [0.1, 0.15) is 57.4 Å². The highest BCUT2D eigenvalue weighted by Crippen LogP contribution is 2.44. The summed E-state index contributed by atoms with van der Waals surface area (Å²) in [4.78, 5) is 14.7. The molecule has 1 fully saturated rings. The zero-order valence-corrected chi connectivity index (χ0v) is 19.6. The summed E-state index contributed by atoms with van der Waals surface area (Å²) in [6, 6.07) is 16.1. The number of nitrogens with one attached hydrogen (secondary N) is 2. The molecule has 0 bridgehead atoms. The summed E-state index contributed by atoms with van der Waals surface area (Å²) in [6.45, 7) is 4.33. The average Bonchev–Trinajstić information content (AvgIpc) is 2.82. The van der Waals surface area contributed by atoms with Crippen molar-refractivity contribution in [1.29, 1.82) is 0 Å². The highest BCUT2D eigenvalue weighted by Gasteiger charge is 2.34. The van der Waals surface area contributed by atoms with Crippen molar-refractivity contribution in [2.75, 3.05) is 6.54 Å². The van der Waals surface area contributed by atoms with Gasteiger partial charge < -0.3 is 15.0 Å². The fourth-order valence-corrected chi connectivity index (χ4v) is 5.19. The second-order valence-electron chi connectivity index (χ2n) is 9.11. The van der Waals surface area contributed by atoms with Gasteiger partial charge in [0.05, 0.1) is 11.1 Å². The van der Waals surface area contributed by atoms with Crippen molar-refractivity contribution in [2.24, 2.45) is 5.41 Å². The average molecular weight is 453 g/mol. The Labute approximate surface area is 195 Å². The number of ether oxygens (including phenoxy) is 1. The van der Waals surface area contributed by atoms with Crippen LogP contribution in [0.2, 0.25) is 5.02 Å². The second kappa shape index (κ2) is 10.5. The Kier molecular flexibility index (Phi) is 7.54. The molecular formula is C27H33ClN2O2. The zero-order valence-electron chi connectivity index (χ0n) is 18.8. The van der Waals surface area contributed by atoms with Crippen LogP contribution in [0.3, 0.4) is 0 Å². The summed E-state index contributed by atoms with van der Waals surface area (Å²) in [5.74, 6) is 0.684. The minimum atomic E-state index is -0.125. The number of halogens is 1. The maximum Gasteiger partial charge on any atom is 0.255 e. The Bertz CT molecular complexity index is 1070. The number of rotatable bonds is 9. The van der Waals surface area contributed by atoms with Crippen molar-refractivity contribution in [3.05, 3.63) is 75.7 Å². The van der Waals surface area contributed by atoms with E-state index >= 15 is 0 Å². The van der Waals surface area contributed by atoms with Gasteiger partial charge in [-0.1, -0.05) is 55.3 Å². The van der Waals surface area contributed by atoms with Crippen molar-refractivity contribution < 1.29 is 4.74 Å². The summed E-state index contributed by atoms with van der Waals surface area (Å²) in [6.07, 6.45) is 10.0. The van der Waals surface area contributed by atoms with E-state index in [1.165, 1.54) is 37.7 Å². The number of aromatic nitrogens is 1. The Morgan fingerprint density at radius 3 is 2.69 bits per heavy atom. The molecule has 32 heavy (non-hydrogen) atoms. The molecule has 2 aromatic carbocycles. The van der Waals surface area contributed by atoms with E-state index in [4.69, 9.17) is 16.3 Å². The molecule has 5 heteroatoms. The first-order valence-electron chi connectivity index (χ1n) is 11.8. The SMILES string of the molecule is CCC1(CCCNCc2ccccc2)CCC(Oc2cc3cc[nH]c(=O)c3cc2Cl)CC1. The van der Waals surface area contributed by atoms with E-state index in [2.05, 4.69) is 47.6 Å². The molecular weight excluding hydrogens is 420 g/mol. The van der Waals surface area contributed by atoms with E-state index in [0.717, 1.165) is 31.3 Å². The van der Waals surface area contributed by atoms with E-state index in [1.54, 1.807) is 12.3 Å². The van der Waals surface area contributed by atoms with Gasteiger partial charge in [0.2, 0.25) is 0 Å². The predicted octanol–water partition coefficient (Wildman–Crippen LogP) is 6.47. The minimum absolute atomic E-state index is 0.125. The first-order chi connectivity index (χ1) is 15.6. The highest BCUT2D eigenvalue weighted by atomic mass is 35.5. The molecule has 0 atom stereocenters. The normalized spacial score (nSPS) is 21.0. The van der Waals surface area contributed by atoms with Gasteiger partial charge in [0.25, 0.3) is 5.56 Å². The summed E-state index contributed by atoms with van der Waals surface area (Å²) in [5, 5.41) is 5.54. The Morgan fingerprint density at radius 1 is 1.16 bits per heavy atom. The molecule has 1 aromatic heterocycles. The molecule has 2 N–H and O–H groups in total. The number of pyridine rings is 1. The third kappa shape index (κ3) is 5.54. The lowest BCUT2D eigenvalue weighted by molar-refractivity contribution is 0.0686. The topological polar surface area (TPSA) is 54.1 Å². The Hall–Kier alpha value is -2.30.